The van der Waals surface area contributed by atoms with Crippen molar-refractivity contribution in [1.82, 2.24) is 15.6 Å². The molecule has 1 rings (SSSR count). The zero-order valence-corrected chi connectivity index (χ0v) is 14.0. The van der Waals surface area contributed by atoms with Gasteiger partial charge in [-0.2, -0.15) is 0 Å². The molecule has 118 valence electrons. The molecule has 1 aromatic heterocycles. The topological polar surface area (TPSA) is 57.3 Å². The molecule has 2 N–H and O–H groups in total. The number of carbonyl (C=O) groups excluding carboxylic acids is 1. The summed E-state index contributed by atoms with van der Waals surface area (Å²) >= 11 is 0. The largest absolute Gasteiger partial charge is 0.359 e. The maximum Gasteiger partial charge on any atom is 0.224 e. The highest BCUT2D eigenvalue weighted by atomic mass is 16.1. The Morgan fingerprint density at radius 2 is 2.10 bits per heavy atom. The number of carbonyl (C=O) groups is 1. The second-order valence-corrected chi connectivity index (χ2v) is 6.49. The van der Waals surface area contributed by atoms with Crippen LogP contribution in [0.4, 0.5) is 5.82 Å². The highest BCUT2D eigenvalue weighted by Gasteiger charge is 2.17. The van der Waals surface area contributed by atoms with Gasteiger partial charge in [0.25, 0.3) is 0 Å². The lowest BCUT2D eigenvalue weighted by Gasteiger charge is -2.26. The van der Waals surface area contributed by atoms with Gasteiger partial charge in [0.15, 0.2) is 0 Å². The smallest absolute Gasteiger partial charge is 0.224 e. The fourth-order valence-corrected chi connectivity index (χ4v) is 2.10. The van der Waals surface area contributed by atoms with Crippen LogP contribution in [-0.4, -0.2) is 37.1 Å². The second-order valence-electron chi connectivity index (χ2n) is 6.49. The highest BCUT2D eigenvalue weighted by molar-refractivity contribution is 5.78. The van der Waals surface area contributed by atoms with E-state index in [-0.39, 0.29) is 17.4 Å². The Morgan fingerprint density at radius 1 is 1.43 bits per heavy atom. The number of nitrogens with one attached hydrogen (secondary N) is 2. The van der Waals surface area contributed by atoms with E-state index in [0.29, 0.717) is 6.54 Å². The molecule has 0 saturated heterocycles. The third-order valence-corrected chi connectivity index (χ3v) is 3.28. The molecule has 0 aliphatic heterocycles. The molecule has 1 heterocycles. The zero-order valence-electron chi connectivity index (χ0n) is 14.0. The minimum atomic E-state index is -0.0783. The van der Waals surface area contributed by atoms with E-state index in [9.17, 15) is 4.79 Å². The van der Waals surface area contributed by atoms with E-state index < -0.39 is 0 Å². The minimum absolute atomic E-state index is 0.0483. The van der Waals surface area contributed by atoms with Gasteiger partial charge in [-0.25, -0.2) is 4.98 Å². The summed E-state index contributed by atoms with van der Waals surface area (Å²) in [7, 11) is 3.64. The fraction of sp³-hybridized carbons (Fsp3) is 0.625. The lowest BCUT2D eigenvalue weighted by Crippen LogP contribution is -2.37. The third-order valence-electron chi connectivity index (χ3n) is 3.28. The predicted octanol–water partition coefficient (Wildman–Crippen LogP) is 1.79. The van der Waals surface area contributed by atoms with Gasteiger partial charge in [-0.1, -0.05) is 13.0 Å². The molecule has 21 heavy (non-hydrogen) atoms. The first-order valence-corrected chi connectivity index (χ1v) is 7.36. The van der Waals surface area contributed by atoms with E-state index in [2.05, 4.69) is 42.5 Å². The third kappa shape index (κ3) is 5.71. The van der Waals surface area contributed by atoms with E-state index in [1.165, 1.54) is 0 Å². The fourth-order valence-electron chi connectivity index (χ4n) is 2.10. The molecule has 5 heteroatoms. The molecule has 1 amide bonds. The van der Waals surface area contributed by atoms with Gasteiger partial charge in [0.2, 0.25) is 5.91 Å². The van der Waals surface area contributed by atoms with E-state index in [1.54, 1.807) is 13.2 Å². The number of amides is 1. The van der Waals surface area contributed by atoms with Crippen molar-refractivity contribution in [3.63, 3.8) is 0 Å². The summed E-state index contributed by atoms with van der Waals surface area (Å²) in [6, 6.07) is 4.02. The summed E-state index contributed by atoms with van der Waals surface area (Å²) in [6.45, 7) is 9.73. The Kier molecular flexibility index (Phi) is 6.15. The van der Waals surface area contributed by atoms with Crippen molar-refractivity contribution in [3.8, 4) is 0 Å². The van der Waals surface area contributed by atoms with Crippen molar-refractivity contribution in [2.75, 3.05) is 25.5 Å². The lowest BCUT2D eigenvalue weighted by atomic mass is 10.1. The molecule has 0 spiro atoms. The predicted molar refractivity (Wildman–Crippen MR) is 87.3 cm³/mol. The van der Waals surface area contributed by atoms with E-state index >= 15 is 0 Å². The summed E-state index contributed by atoms with van der Waals surface area (Å²) in [5, 5.41) is 6.16. The summed E-state index contributed by atoms with van der Waals surface area (Å²) < 4.78 is 0. The van der Waals surface area contributed by atoms with Crippen LogP contribution in [0.1, 0.15) is 33.3 Å². The molecule has 1 aromatic rings. The number of aromatic nitrogens is 1. The number of pyridine rings is 1. The average molecular weight is 292 g/mol. The van der Waals surface area contributed by atoms with Crippen LogP contribution in [0, 0.1) is 5.92 Å². The summed E-state index contributed by atoms with van der Waals surface area (Å²) in [6.07, 6.45) is 1.79. The molecule has 0 aromatic carbocycles. The van der Waals surface area contributed by atoms with Gasteiger partial charge in [0.1, 0.15) is 5.82 Å². The number of hydrogen-bond acceptors (Lipinski definition) is 4. The molecule has 0 fully saturated rings. The Labute approximate surface area is 128 Å². The van der Waals surface area contributed by atoms with Gasteiger partial charge in [-0.15, -0.1) is 0 Å². The molecule has 0 bridgehead atoms. The highest BCUT2D eigenvalue weighted by Crippen LogP contribution is 2.18. The van der Waals surface area contributed by atoms with Crippen molar-refractivity contribution in [2.45, 2.75) is 39.8 Å². The van der Waals surface area contributed by atoms with Crippen molar-refractivity contribution < 1.29 is 4.79 Å². The van der Waals surface area contributed by atoms with E-state index in [0.717, 1.165) is 17.9 Å². The normalized spacial score (nSPS) is 12.9. The lowest BCUT2D eigenvalue weighted by molar-refractivity contribution is -0.123. The quantitative estimate of drug-likeness (QED) is 0.839. The van der Waals surface area contributed by atoms with Crippen molar-refractivity contribution in [1.29, 1.82) is 0 Å². The Bertz CT molecular complexity index is 468. The van der Waals surface area contributed by atoms with Crippen LogP contribution in [-0.2, 0) is 11.3 Å². The van der Waals surface area contributed by atoms with Crippen LogP contribution in [0.15, 0.2) is 18.3 Å². The van der Waals surface area contributed by atoms with E-state index in [4.69, 9.17) is 0 Å². The number of nitrogens with zero attached hydrogens (tertiary/aromatic N) is 2. The first-order valence-electron chi connectivity index (χ1n) is 7.36. The van der Waals surface area contributed by atoms with Crippen molar-refractivity contribution >= 4 is 11.7 Å². The zero-order chi connectivity index (χ0) is 16.0. The van der Waals surface area contributed by atoms with Crippen LogP contribution in [0.25, 0.3) is 0 Å². The Balaban J connectivity index is 2.79. The van der Waals surface area contributed by atoms with Crippen molar-refractivity contribution in [3.05, 3.63) is 23.9 Å². The first-order chi connectivity index (χ1) is 9.74. The van der Waals surface area contributed by atoms with Crippen LogP contribution in [0.2, 0.25) is 0 Å². The maximum absolute atomic E-state index is 11.7. The van der Waals surface area contributed by atoms with Crippen LogP contribution in [0.3, 0.4) is 0 Å². The standard InChI is InChI=1S/C16H28N4O/c1-12(15(21)17-5)11-20(6)14-13(8-7-9-18-14)10-19-16(2,3)4/h7-9,12,19H,10-11H2,1-6H3,(H,17,21). The monoisotopic (exact) mass is 292 g/mol. The molecule has 0 aliphatic carbocycles. The van der Waals surface area contributed by atoms with Gasteiger partial charge in [0, 0.05) is 44.5 Å². The molecule has 0 saturated carbocycles. The van der Waals surface area contributed by atoms with Gasteiger partial charge in [-0.3, -0.25) is 4.79 Å². The second kappa shape index (κ2) is 7.41. The summed E-state index contributed by atoms with van der Waals surface area (Å²) in [5.41, 5.74) is 1.19. The molecular weight excluding hydrogens is 264 g/mol. The van der Waals surface area contributed by atoms with Gasteiger partial charge in [0.05, 0.1) is 5.92 Å². The molecule has 5 nitrogen and oxygen atoms in total. The SMILES string of the molecule is CNC(=O)C(C)CN(C)c1ncccc1CNC(C)(C)C. The molecule has 1 atom stereocenters. The molecule has 0 aliphatic rings. The van der Waals surface area contributed by atoms with E-state index in [1.807, 2.05) is 24.9 Å². The minimum Gasteiger partial charge on any atom is -0.359 e. The van der Waals surface area contributed by atoms with Gasteiger partial charge >= 0.3 is 0 Å². The molecule has 1 unspecified atom stereocenters. The van der Waals surface area contributed by atoms with Crippen LogP contribution < -0.4 is 15.5 Å². The molecular formula is C16H28N4O. The van der Waals surface area contributed by atoms with Crippen LogP contribution >= 0.6 is 0 Å². The van der Waals surface area contributed by atoms with Crippen molar-refractivity contribution in [2.24, 2.45) is 5.92 Å². The van der Waals surface area contributed by atoms with Gasteiger partial charge < -0.3 is 15.5 Å². The maximum atomic E-state index is 11.7. The van der Waals surface area contributed by atoms with Crippen LogP contribution in [0.5, 0.6) is 0 Å². The summed E-state index contributed by atoms with van der Waals surface area (Å²) in [5.74, 6) is 0.891. The number of hydrogen-bond donors (Lipinski definition) is 2. The number of rotatable bonds is 6. The van der Waals surface area contributed by atoms with Gasteiger partial charge in [-0.05, 0) is 26.8 Å². The molecule has 0 radical (unpaired) electrons. The first kappa shape index (κ1) is 17.4. The average Bonchev–Trinajstić information content (AvgIpc) is 2.43. The number of anilines is 1. The summed E-state index contributed by atoms with van der Waals surface area (Å²) in [4.78, 5) is 18.2. The Morgan fingerprint density at radius 3 is 2.67 bits per heavy atom. The Hall–Kier alpha value is -1.62.